The number of halogens is 1. The van der Waals surface area contributed by atoms with Crippen LogP contribution in [0.2, 0.25) is 5.02 Å². The molecule has 0 aliphatic carbocycles. The van der Waals surface area contributed by atoms with Crippen molar-refractivity contribution in [3.63, 3.8) is 0 Å². The molecular formula is C22H24ClN3O4S. The van der Waals surface area contributed by atoms with Crippen LogP contribution in [0.15, 0.2) is 47.4 Å². The van der Waals surface area contributed by atoms with Crippen molar-refractivity contribution in [3.8, 4) is 0 Å². The zero-order valence-electron chi connectivity index (χ0n) is 16.9. The van der Waals surface area contributed by atoms with E-state index < -0.39 is 10.0 Å². The van der Waals surface area contributed by atoms with E-state index in [0.717, 1.165) is 5.56 Å². The van der Waals surface area contributed by atoms with Crippen LogP contribution in [-0.2, 0) is 26.0 Å². The molecule has 2 heterocycles. The van der Waals surface area contributed by atoms with Gasteiger partial charge in [0.05, 0.1) is 4.90 Å². The zero-order chi connectivity index (χ0) is 22.0. The van der Waals surface area contributed by atoms with Crippen LogP contribution in [0, 0.1) is 5.92 Å². The molecule has 7 nitrogen and oxygen atoms in total. The number of anilines is 2. The van der Waals surface area contributed by atoms with Crippen LogP contribution in [0.25, 0.3) is 0 Å². The van der Waals surface area contributed by atoms with E-state index in [1.165, 1.54) is 10.4 Å². The van der Waals surface area contributed by atoms with E-state index in [2.05, 4.69) is 10.6 Å². The topological polar surface area (TPSA) is 95.6 Å². The maximum absolute atomic E-state index is 13.2. The van der Waals surface area contributed by atoms with Crippen LogP contribution in [0.3, 0.4) is 0 Å². The number of nitrogens with one attached hydrogen (secondary N) is 2. The summed E-state index contributed by atoms with van der Waals surface area (Å²) >= 11 is 5.96. The van der Waals surface area contributed by atoms with Gasteiger partial charge in [-0.3, -0.25) is 9.59 Å². The summed E-state index contributed by atoms with van der Waals surface area (Å²) in [6.07, 6.45) is 2.68. The maximum atomic E-state index is 13.2. The number of carbonyl (C=O) groups excluding carboxylic acids is 2. The highest BCUT2D eigenvalue weighted by Gasteiger charge is 2.32. The fourth-order valence-electron chi connectivity index (χ4n) is 4.03. The standard InChI is InChI=1S/C22H24ClN3O4S/c23-17-4-2-5-18(14-17)24-22(28)15-9-11-26(12-10-15)31(29,30)19-7-8-20-16(13-19)3-1-6-21(27)25-20/h2,4-5,7-8,13-15H,1,3,6,9-12H2,(H,24,28)(H,25,27). The Bertz CT molecular complexity index is 1110. The van der Waals surface area contributed by atoms with Crippen LogP contribution >= 0.6 is 11.6 Å². The molecule has 0 atom stereocenters. The Labute approximate surface area is 186 Å². The Hall–Kier alpha value is -2.42. The minimum atomic E-state index is -3.66. The molecule has 31 heavy (non-hydrogen) atoms. The second kappa shape index (κ2) is 8.98. The molecule has 2 aromatic rings. The average molecular weight is 462 g/mol. The van der Waals surface area contributed by atoms with Crippen molar-refractivity contribution >= 4 is 44.8 Å². The number of hydrogen-bond acceptors (Lipinski definition) is 4. The lowest BCUT2D eigenvalue weighted by molar-refractivity contribution is -0.121. The summed E-state index contributed by atoms with van der Waals surface area (Å²) in [4.78, 5) is 24.5. The first-order chi connectivity index (χ1) is 14.8. The number of nitrogens with zero attached hydrogens (tertiary/aromatic N) is 1. The lowest BCUT2D eigenvalue weighted by atomic mass is 9.97. The first-order valence-electron chi connectivity index (χ1n) is 10.3. The molecule has 0 radical (unpaired) electrons. The quantitative estimate of drug-likeness (QED) is 0.726. The monoisotopic (exact) mass is 461 g/mol. The third-order valence-corrected chi connectivity index (χ3v) is 7.89. The predicted octanol–water partition coefficient (Wildman–Crippen LogP) is 3.65. The summed E-state index contributed by atoms with van der Waals surface area (Å²) < 4.78 is 27.7. The number of fused-ring (bicyclic) bond motifs is 1. The van der Waals surface area contributed by atoms with Crippen molar-refractivity contribution in [2.45, 2.75) is 37.0 Å². The lowest BCUT2D eigenvalue weighted by Crippen LogP contribution is -2.41. The fourth-order valence-corrected chi connectivity index (χ4v) is 5.74. The van der Waals surface area contributed by atoms with Gasteiger partial charge < -0.3 is 10.6 Å². The molecule has 0 aromatic heterocycles. The Kier molecular flexibility index (Phi) is 6.31. The predicted molar refractivity (Wildman–Crippen MR) is 120 cm³/mol. The van der Waals surface area contributed by atoms with E-state index in [0.29, 0.717) is 48.5 Å². The van der Waals surface area contributed by atoms with Gasteiger partial charge in [-0.1, -0.05) is 17.7 Å². The first kappa shape index (κ1) is 21.8. The van der Waals surface area contributed by atoms with E-state index >= 15 is 0 Å². The zero-order valence-corrected chi connectivity index (χ0v) is 18.5. The largest absolute Gasteiger partial charge is 0.326 e. The van der Waals surface area contributed by atoms with E-state index in [1.54, 1.807) is 36.4 Å². The summed E-state index contributed by atoms with van der Waals surface area (Å²) in [5.74, 6) is -0.430. The summed E-state index contributed by atoms with van der Waals surface area (Å²) in [7, 11) is -3.66. The van der Waals surface area contributed by atoms with E-state index in [-0.39, 0.29) is 35.7 Å². The third-order valence-electron chi connectivity index (χ3n) is 5.76. The normalized spacial score (nSPS) is 18.0. The molecular weight excluding hydrogens is 438 g/mol. The van der Waals surface area contributed by atoms with Gasteiger partial charge in [0.2, 0.25) is 21.8 Å². The number of amides is 2. The molecule has 1 fully saturated rings. The van der Waals surface area contributed by atoms with Crippen LogP contribution in [0.5, 0.6) is 0 Å². The minimum Gasteiger partial charge on any atom is -0.326 e. The second-order valence-electron chi connectivity index (χ2n) is 7.90. The van der Waals surface area contributed by atoms with Crippen molar-refractivity contribution in [2.24, 2.45) is 5.92 Å². The van der Waals surface area contributed by atoms with E-state index in [9.17, 15) is 18.0 Å². The highest BCUT2D eigenvalue weighted by molar-refractivity contribution is 7.89. The molecule has 2 amide bonds. The summed E-state index contributed by atoms with van der Waals surface area (Å²) in [6, 6.07) is 11.8. The van der Waals surface area contributed by atoms with Crippen LogP contribution in [-0.4, -0.2) is 37.6 Å². The van der Waals surface area contributed by atoms with Gasteiger partial charge >= 0.3 is 0 Å². The summed E-state index contributed by atoms with van der Waals surface area (Å²) in [5, 5.41) is 6.22. The smallest absolute Gasteiger partial charge is 0.243 e. The fraction of sp³-hybridized carbons (Fsp3) is 0.364. The molecule has 2 aliphatic heterocycles. The average Bonchev–Trinajstić information content (AvgIpc) is 2.93. The van der Waals surface area contributed by atoms with Crippen molar-refractivity contribution in [2.75, 3.05) is 23.7 Å². The Morgan fingerprint density at radius 3 is 2.61 bits per heavy atom. The molecule has 1 saturated heterocycles. The van der Waals surface area contributed by atoms with Crippen molar-refractivity contribution < 1.29 is 18.0 Å². The van der Waals surface area contributed by atoms with Crippen molar-refractivity contribution in [1.82, 2.24) is 4.31 Å². The van der Waals surface area contributed by atoms with Crippen molar-refractivity contribution in [1.29, 1.82) is 0 Å². The number of benzene rings is 2. The molecule has 9 heteroatoms. The van der Waals surface area contributed by atoms with Gasteiger partial charge in [-0.05, 0) is 67.6 Å². The molecule has 0 bridgehead atoms. The highest BCUT2D eigenvalue weighted by atomic mass is 35.5. The number of hydrogen-bond donors (Lipinski definition) is 2. The number of rotatable bonds is 4. The second-order valence-corrected chi connectivity index (χ2v) is 10.3. The van der Waals surface area contributed by atoms with Gasteiger partial charge in [-0.2, -0.15) is 4.31 Å². The van der Waals surface area contributed by atoms with Gasteiger partial charge in [-0.25, -0.2) is 8.42 Å². The maximum Gasteiger partial charge on any atom is 0.243 e. The Morgan fingerprint density at radius 2 is 1.87 bits per heavy atom. The Morgan fingerprint density at radius 1 is 1.10 bits per heavy atom. The van der Waals surface area contributed by atoms with Gasteiger partial charge in [0, 0.05) is 41.8 Å². The van der Waals surface area contributed by atoms with Gasteiger partial charge in [-0.15, -0.1) is 0 Å². The molecule has 2 aliphatic rings. The minimum absolute atomic E-state index is 0.0486. The van der Waals surface area contributed by atoms with E-state index in [4.69, 9.17) is 11.6 Å². The van der Waals surface area contributed by atoms with E-state index in [1.807, 2.05) is 0 Å². The number of aryl methyl sites for hydroxylation is 1. The van der Waals surface area contributed by atoms with Crippen molar-refractivity contribution in [3.05, 3.63) is 53.1 Å². The number of sulfonamides is 1. The molecule has 164 valence electrons. The molecule has 2 N–H and O–H groups in total. The Balaban J connectivity index is 1.41. The van der Waals surface area contributed by atoms with Gasteiger partial charge in [0.15, 0.2) is 0 Å². The SMILES string of the molecule is O=C1CCCc2cc(S(=O)(=O)N3CCC(C(=O)Nc4cccc(Cl)c4)CC3)ccc2N1. The van der Waals surface area contributed by atoms with Gasteiger partial charge in [0.1, 0.15) is 0 Å². The van der Waals surface area contributed by atoms with Crippen LogP contribution < -0.4 is 10.6 Å². The summed E-state index contributed by atoms with van der Waals surface area (Å²) in [6.45, 7) is 0.563. The molecule has 4 rings (SSSR count). The molecule has 0 unspecified atom stereocenters. The third kappa shape index (κ3) is 4.92. The summed E-state index contributed by atoms with van der Waals surface area (Å²) in [5.41, 5.74) is 2.14. The number of carbonyl (C=O) groups is 2. The highest BCUT2D eigenvalue weighted by Crippen LogP contribution is 2.29. The number of piperidine rings is 1. The van der Waals surface area contributed by atoms with Gasteiger partial charge in [0.25, 0.3) is 0 Å². The lowest BCUT2D eigenvalue weighted by Gasteiger charge is -2.30. The molecule has 2 aromatic carbocycles. The molecule has 0 spiro atoms. The van der Waals surface area contributed by atoms with Crippen LogP contribution in [0.4, 0.5) is 11.4 Å². The van der Waals surface area contributed by atoms with Crippen LogP contribution in [0.1, 0.15) is 31.2 Å². The first-order valence-corrected chi connectivity index (χ1v) is 12.1. The molecule has 0 saturated carbocycles.